The minimum Gasteiger partial charge on any atom is -0.178 e. The molecule has 0 bridgehead atoms. The molecule has 0 aromatic carbocycles. The second-order valence-corrected chi connectivity index (χ2v) is 20.2. The van der Waals surface area contributed by atoms with Gasteiger partial charge in [0.15, 0.2) is 0 Å². The molecule has 332 valence electrons. The van der Waals surface area contributed by atoms with Crippen LogP contribution in [0.15, 0.2) is 0 Å². The van der Waals surface area contributed by atoms with Crippen LogP contribution in [0.5, 0.6) is 0 Å². The standard InChI is InChI=1S/C50H103O3PS/c1-4-7-10-13-16-19-22-25-28-31-34-37-40-43-46-51-54(53-48-50-55,49-45-42-39-36-33-30-27-24-21-18-15-12-9-6-3)52-47-44-41-38-35-32-29-26-23-20-17-14-11-8-5-2/h4-50H2,1-3H3/p+1. The number of rotatable bonds is 50. The molecule has 0 saturated heterocycles. The van der Waals surface area contributed by atoms with E-state index in [0.29, 0.717) is 6.61 Å². The van der Waals surface area contributed by atoms with Gasteiger partial charge >= 0.3 is 7.94 Å². The summed E-state index contributed by atoms with van der Waals surface area (Å²) in [6.07, 6.45) is 59.1. The summed E-state index contributed by atoms with van der Waals surface area (Å²) in [5, 5.41) is 0. The molecular weight excluding hydrogens is 712 g/mol. The highest BCUT2D eigenvalue weighted by Crippen LogP contribution is 2.63. The van der Waals surface area contributed by atoms with E-state index < -0.39 is 7.94 Å². The molecule has 0 amide bonds. The highest BCUT2D eigenvalue weighted by molar-refractivity contribution is 7.80. The minimum atomic E-state index is -2.32. The summed E-state index contributed by atoms with van der Waals surface area (Å²) in [6, 6.07) is 0. The quantitative estimate of drug-likeness (QED) is 0.0377. The van der Waals surface area contributed by atoms with Gasteiger partial charge in [-0.25, -0.2) is 0 Å². The highest BCUT2D eigenvalue weighted by Gasteiger charge is 2.44. The van der Waals surface area contributed by atoms with Gasteiger partial charge in [-0.1, -0.05) is 265 Å². The average molecular weight is 816 g/mol. The van der Waals surface area contributed by atoms with E-state index in [-0.39, 0.29) is 0 Å². The molecule has 0 atom stereocenters. The van der Waals surface area contributed by atoms with Crippen LogP contribution in [0.1, 0.15) is 290 Å². The van der Waals surface area contributed by atoms with Crippen LogP contribution < -0.4 is 0 Å². The van der Waals surface area contributed by atoms with Gasteiger partial charge in [0.25, 0.3) is 0 Å². The van der Waals surface area contributed by atoms with Crippen LogP contribution in [0.2, 0.25) is 0 Å². The summed E-state index contributed by atoms with van der Waals surface area (Å²) in [5.41, 5.74) is 0. The molecule has 0 unspecified atom stereocenters. The molecule has 55 heavy (non-hydrogen) atoms. The minimum absolute atomic E-state index is 0.632. The molecule has 0 saturated carbocycles. The van der Waals surface area contributed by atoms with Gasteiger partial charge in [0.2, 0.25) is 0 Å². The number of unbranched alkanes of at least 4 members (excludes halogenated alkanes) is 39. The van der Waals surface area contributed by atoms with Gasteiger partial charge in [-0.15, -0.1) is 0 Å². The lowest BCUT2D eigenvalue weighted by Gasteiger charge is -2.22. The van der Waals surface area contributed by atoms with Crippen molar-refractivity contribution in [2.24, 2.45) is 0 Å². The Bertz CT molecular complexity index is 645. The van der Waals surface area contributed by atoms with E-state index in [1.807, 2.05) is 0 Å². The number of hydrogen-bond acceptors (Lipinski definition) is 4. The van der Waals surface area contributed by atoms with E-state index in [0.717, 1.165) is 44.4 Å². The summed E-state index contributed by atoms with van der Waals surface area (Å²) in [5.74, 6) is 0.727. The maximum atomic E-state index is 6.70. The molecule has 0 rings (SSSR count). The molecule has 0 N–H and O–H groups in total. The van der Waals surface area contributed by atoms with Crippen molar-refractivity contribution in [3.8, 4) is 0 Å². The topological polar surface area (TPSA) is 27.7 Å². The highest BCUT2D eigenvalue weighted by atomic mass is 32.1. The summed E-state index contributed by atoms with van der Waals surface area (Å²) in [7, 11) is -2.32. The van der Waals surface area contributed by atoms with Crippen LogP contribution in [-0.2, 0) is 13.6 Å². The molecule has 0 aliphatic carbocycles. The fourth-order valence-electron chi connectivity index (χ4n) is 7.99. The Hall–Kier alpha value is 0.660. The van der Waals surface area contributed by atoms with Crippen molar-refractivity contribution in [3.05, 3.63) is 0 Å². The number of thiol groups is 1. The second kappa shape index (κ2) is 49.0. The van der Waals surface area contributed by atoms with Crippen LogP contribution in [0.4, 0.5) is 0 Å². The van der Waals surface area contributed by atoms with Gasteiger partial charge in [0.05, 0.1) is 13.2 Å². The first kappa shape index (κ1) is 55.7. The molecule has 0 aromatic heterocycles. The van der Waals surface area contributed by atoms with Crippen LogP contribution >= 0.6 is 20.6 Å². The summed E-state index contributed by atoms with van der Waals surface area (Å²) < 4.78 is 19.9. The SMILES string of the molecule is CCCCCCCCCCCCCCCCO[P+](CCCCCCCCCCCCCCCC)(OCCS)OCCCCCCCCCCCCCCCC. The molecule has 3 nitrogen and oxygen atoms in total. The van der Waals surface area contributed by atoms with Crippen LogP contribution in [0.25, 0.3) is 0 Å². The van der Waals surface area contributed by atoms with Gasteiger partial charge in [-0.3, -0.25) is 0 Å². The first-order valence-electron chi connectivity index (χ1n) is 25.7. The fourth-order valence-corrected chi connectivity index (χ4v) is 10.6. The molecule has 5 heteroatoms. The summed E-state index contributed by atoms with van der Waals surface area (Å²) in [6.45, 7) is 9.12. The Kier molecular flexibility index (Phi) is 49.6. The lowest BCUT2D eigenvalue weighted by Crippen LogP contribution is -2.14. The molecule has 0 spiro atoms. The maximum Gasteiger partial charge on any atom is 0.411 e. The maximum absolute atomic E-state index is 6.70. The van der Waals surface area contributed by atoms with Crippen LogP contribution in [-0.4, -0.2) is 31.7 Å². The lowest BCUT2D eigenvalue weighted by molar-refractivity contribution is 0.137. The normalized spacial score (nSPS) is 12.0. The monoisotopic (exact) mass is 816 g/mol. The molecule has 0 fully saturated rings. The Balaban J connectivity index is 4.41. The third kappa shape index (κ3) is 44.1. The third-order valence-electron chi connectivity index (χ3n) is 11.7. The van der Waals surface area contributed by atoms with Crippen molar-refractivity contribution in [3.63, 3.8) is 0 Å². The van der Waals surface area contributed by atoms with E-state index in [1.54, 1.807) is 0 Å². The molecule has 0 aliphatic rings. The molecule has 0 aromatic rings. The Morgan fingerprint density at radius 1 is 0.255 bits per heavy atom. The zero-order chi connectivity index (χ0) is 39.9. The largest absolute Gasteiger partial charge is 0.411 e. The first-order valence-corrected chi connectivity index (χ1v) is 28.0. The molecule has 0 heterocycles. The van der Waals surface area contributed by atoms with E-state index in [9.17, 15) is 0 Å². The zero-order valence-electron chi connectivity index (χ0n) is 38.4. The lowest BCUT2D eigenvalue weighted by atomic mass is 10.0. The van der Waals surface area contributed by atoms with Gasteiger partial charge < -0.3 is 0 Å². The Labute approximate surface area is 354 Å². The van der Waals surface area contributed by atoms with Crippen molar-refractivity contribution < 1.29 is 13.6 Å². The molecule has 0 aliphatic heterocycles. The van der Waals surface area contributed by atoms with Crippen LogP contribution in [0.3, 0.4) is 0 Å². The Morgan fingerprint density at radius 2 is 0.455 bits per heavy atom. The Morgan fingerprint density at radius 3 is 0.691 bits per heavy atom. The zero-order valence-corrected chi connectivity index (χ0v) is 40.1. The van der Waals surface area contributed by atoms with Crippen LogP contribution in [0, 0.1) is 0 Å². The van der Waals surface area contributed by atoms with Gasteiger partial charge in [-0.05, 0) is 25.7 Å². The fraction of sp³-hybridized carbons (Fsp3) is 1.00. The average Bonchev–Trinajstić information content (AvgIpc) is 3.20. The third-order valence-corrected chi connectivity index (χ3v) is 14.5. The predicted octanol–water partition coefficient (Wildman–Crippen LogP) is 19.2. The van der Waals surface area contributed by atoms with Gasteiger partial charge in [0, 0.05) is 5.75 Å². The van der Waals surface area contributed by atoms with Gasteiger partial charge in [0.1, 0.15) is 12.8 Å². The smallest absolute Gasteiger partial charge is 0.178 e. The molecule has 0 radical (unpaired) electrons. The van der Waals surface area contributed by atoms with Crippen molar-refractivity contribution in [1.29, 1.82) is 0 Å². The van der Waals surface area contributed by atoms with Crippen molar-refractivity contribution in [2.75, 3.05) is 31.7 Å². The first-order chi connectivity index (χ1) is 27.2. The van der Waals surface area contributed by atoms with Crippen molar-refractivity contribution in [1.82, 2.24) is 0 Å². The predicted molar refractivity (Wildman–Crippen MR) is 254 cm³/mol. The van der Waals surface area contributed by atoms with E-state index in [1.165, 1.54) is 250 Å². The molecular formula is C50H104O3PS+. The second-order valence-electron chi connectivity index (χ2n) is 17.3. The summed E-state index contributed by atoms with van der Waals surface area (Å²) in [4.78, 5) is 0. The summed E-state index contributed by atoms with van der Waals surface area (Å²) >= 11 is 4.51. The van der Waals surface area contributed by atoms with Crippen molar-refractivity contribution >= 4 is 20.6 Å². The van der Waals surface area contributed by atoms with E-state index >= 15 is 0 Å². The number of hydrogen-bond donors (Lipinski definition) is 1. The van der Waals surface area contributed by atoms with E-state index in [2.05, 4.69) is 33.4 Å². The van der Waals surface area contributed by atoms with E-state index in [4.69, 9.17) is 13.6 Å². The van der Waals surface area contributed by atoms with Crippen molar-refractivity contribution in [2.45, 2.75) is 290 Å². The van der Waals surface area contributed by atoms with Gasteiger partial charge in [-0.2, -0.15) is 26.2 Å².